The summed E-state index contributed by atoms with van der Waals surface area (Å²) in [5.74, 6) is 0.120. The molecule has 4 rings (SSSR count). The SMILES string of the molecule is CCC(=O)NC1CCC(n2nccc2-c2ccc(-c3ccc(C#N)cc3)cc2)C1. The second-order valence-electron chi connectivity index (χ2n) is 7.51. The predicted octanol–water partition coefficient (Wildman–Crippen LogP) is 4.71. The molecule has 0 saturated heterocycles. The van der Waals surface area contributed by atoms with Gasteiger partial charge in [-0.1, -0.05) is 43.3 Å². The number of hydrogen-bond acceptors (Lipinski definition) is 3. The summed E-state index contributed by atoms with van der Waals surface area (Å²) >= 11 is 0. The number of nitrogens with zero attached hydrogens (tertiary/aromatic N) is 3. The molecule has 3 aromatic rings. The highest BCUT2D eigenvalue weighted by atomic mass is 16.1. The van der Waals surface area contributed by atoms with E-state index in [4.69, 9.17) is 5.26 Å². The summed E-state index contributed by atoms with van der Waals surface area (Å²) in [4.78, 5) is 11.7. The topological polar surface area (TPSA) is 70.7 Å². The molecule has 5 heteroatoms. The molecule has 0 spiro atoms. The van der Waals surface area contributed by atoms with Gasteiger partial charge in [-0.3, -0.25) is 9.48 Å². The van der Waals surface area contributed by atoms with Crippen LogP contribution in [-0.2, 0) is 4.79 Å². The Morgan fingerprint density at radius 2 is 1.72 bits per heavy atom. The van der Waals surface area contributed by atoms with E-state index in [2.05, 4.69) is 51.5 Å². The summed E-state index contributed by atoms with van der Waals surface area (Å²) in [5, 5.41) is 16.6. The molecule has 0 bridgehead atoms. The van der Waals surface area contributed by atoms with Crippen LogP contribution < -0.4 is 5.32 Å². The monoisotopic (exact) mass is 384 g/mol. The van der Waals surface area contributed by atoms with Crippen LogP contribution in [0.4, 0.5) is 0 Å². The molecule has 2 atom stereocenters. The van der Waals surface area contributed by atoms with Crippen molar-refractivity contribution in [2.24, 2.45) is 0 Å². The Kier molecular flexibility index (Phi) is 5.44. The summed E-state index contributed by atoms with van der Waals surface area (Å²) < 4.78 is 2.11. The first kappa shape index (κ1) is 18.9. The van der Waals surface area contributed by atoms with Crippen LogP contribution in [-0.4, -0.2) is 21.7 Å². The summed E-state index contributed by atoms with van der Waals surface area (Å²) in [7, 11) is 0. The van der Waals surface area contributed by atoms with Gasteiger partial charge in [0.15, 0.2) is 0 Å². The Hall–Kier alpha value is -3.39. The highest BCUT2D eigenvalue weighted by Crippen LogP contribution is 2.34. The zero-order valence-corrected chi connectivity index (χ0v) is 16.5. The maximum atomic E-state index is 11.7. The van der Waals surface area contributed by atoms with E-state index in [-0.39, 0.29) is 11.9 Å². The maximum Gasteiger partial charge on any atom is 0.219 e. The van der Waals surface area contributed by atoms with Gasteiger partial charge in [-0.2, -0.15) is 10.4 Å². The normalized spacial score (nSPS) is 18.3. The Labute approximate surface area is 171 Å². The van der Waals surface area contributed by atoms with Crippen LogP contribution in [0.3, 0.4) is 0 Å². The van der Waals surface area contributed by atoms with Crippen molar-refractivity contribution in [1.82, 2.24) is 15.1 Å². The molecular formula is C24H24N4O. The van der Waals surface area contributed by atoms with E-state index in [0.29, 0.717) is 18.0 Å². The molecule has 0 radical (unpaired) electrons. The standard InChI is InChI=1S/C24H24N4O/c1-2-24(29)27-21-11-12-22(15-21)28-23(13-14-26-28)20-9-7-19(8-10-20)18-5-3-17(16-25)4-6-18/h3-10,13-14,21-22H,2,11-12,15H2,1H3,(H,27,29). The van der Waals surface area contributed by atoms with Gasteiger partial charge in [0, 0.05) is 18.7 Å². The number of benzene rings is 2. The van der Waals surface area contributed by atoms with Crippen LogP contribution in [0.2, 0.25) is 0 Å². The quantitative estimate of drug-likeness (QED) is 0.692. The van der Waals surface area contributed by atoms with Gasteiger partial charge in [-0.15, -0.1) is 0 Å². The second kappa shape index (κ2) is 8.32. The van der Waals surface area contributed by atoms with Crippen LogP contribution in [0.15, 0.2) is 60.8 Å². The van der Waals surface area contributed by atoms with Crippen molar-refractivity contribution < 1.29 is 4.79 Å². The molecule has 1 aromatic heterocycles. The van der Waals surface area contributed by atoms with Crippen LogP contribution in [0.5, 0.6) is 0 Å². The lowest BCUT2D eigenvalue weighted by Crippen LogP contribution is -2.32. The van der Waals surface area contributed by atoms with Gasteiger partial charge in [0.1, 0.15) is 0 Å². The number of nitrogens with one attached hydrogen (secondary N) is 1. The molecule has 1 fully saturated rings. The number of hydrogen-bond donors (Lipinski definition) is 1. The molecule has 2 aromatic carbocycles. The fourth-order valence-corrected chi connectivity index (χ4v) is 4.05. The third-order valence-corrected chi connectivity index (χ3v) is 5.64. The highest BCUT2D eigenvalue weighted by Gasteiger charge is 2.28. The number of aromatic nitrogens is 2. The summed E-state index contributed by atoms with van der Waals surface area (Å²) in [6.45, 7) is 1.88. The van der Waals surface area contributed by atoms with E-state index >= 15 is 0 Å². The molecule has 1 aliphatic carbocycles. The lowest BCUT2D eigenvalue weighted by molar-refractivity contribution is -0.121. The smallest absolute Gasteiger partial charge is 0.219 e. The van der Waals surface area contributed by atoms with Crippen molar-refractivity contribution in [3.63, 3.8) is 0 Å². The summed E-state index contributed by atoms with van der Waals surface area (Å²) in [6, 6.07) is 20.8. The van der Waals surface area contributed by atoms with E-state index in [1.165, 1.54) is 0 Å². The Bertz CT molecular complexity index is 1030. The average Bonchev–Trinajstić information content (AvgIpc) is 3.43. The first-order valence-electron chi connectivity index (χ1n) is 10.1. The van der Waals surface area contributed by atoms with Gasteiger partial charge in [-0.05, 0) is 54.2 Å². The van der Waals surface area contributed by atoms with Crippen molar-refractivity contribution in [1.29, 1.82) is 5.26 Å². The third kappa shape index (κ3) is 4.07. The maximum absolute atomic E-state index is 11.7. The number of carbonyl (C=O) groups excluding carboxylic acids is 1. The van der Waals surface area contributed by atoms with Crippen LogP contribution in [0, 0.1) is 11.3 Å². The lowest BCUT2D eigenvalue weighted by atomic mass is 10.0. The van der Waals surface area contributed by atoms with Crippen LogP contribution >= 0.6 is 0 Å². The Morgan fingerprint density at radius 3 is 2.38 bits per heavy atom. The van der Waals surface area contributed by atoms with Gasteiger partial charge >= 0.3 is 0 Å². The molecule has 1 heterocycles. The molecule has 146 valence electrons. The molecule has 29 heavy (non-hydrogen) atoms. The van der Waals surface area contributed by atoms with Gasteiger partial charge in [-0.25, -0.2) is 0 Å². The first-order valence-corrected chi connectivity index (χ1v) is 10.1. The van der Waals surface area contributed by atoms with Crippen molar-refractivity contribution in [3.8, 4) is 28.5 Å². The van der Waals surface area contributed by atoms with Gasteiger partial charge in [0.25, 0.3) is 0 Å². The zero-order valence-electron chi connectivity index (χ0n) is 16.5. The predicted molar refractivity (Wildman–Crippen MR) is 113 cm³/mol. The first-order chi connectivity index (χ1) is 14.2. The lowest BCUT2D eigenvalue weighted by Gasteiger charge is -2.16. The number of amides is 1. The minimum absolute atomic E-state index is 0.120. The fourth-order valence-electron chi connectivity index (χ4n) is 4.05. The van der Waals surface area contributed by atoms with E-state index in [0.717, 1.165) is 41.6 Å². The molecule has 1 N–H and O–H groups in total. The van der Waals surface area contributed by atoms with Crippen LogP contribution in [0.25, 0.3) is 22.4 Å². The fraction of sp³-hybridized carbons (Fsp3) is 0.292. The molecule has 1 saturated carbocycles. The molecule has 2 unspecified atom stereocenters. The van der Waals surface area contributed by atoms with Gasteiger partial charge < -0.3 is 5.32 Å². The number of rotatable bonds is 5. The largest absolute Gasteiger partial charge is 0.353 e. The third-order valence-electron chi connectivity index (χ3n) is 5.64. The van der Waals surface area contributed by atoms with E-state index in [9.17, 15) is 4.79 Å². The molecular weight excluding hydrogens is 360 g/mol. The highest BCUT2D eigenvalue weighted by molar-refractivity contribution is 5.75. The van der Waals surface area contributed by atoms with Crippen molar-refractivity contribution in [3.05, 3.63) is 66.4 Å². The Morgan fingerprint density at radius 1 is 1.07 bits per heavy atom. The van der Waals surface area contributed by atoms with Gasteiger partial charge in [0.05, 0.1) is 23.4 Å². The van der Waals surface area contributed by atoms with Crippen molar-refractivity contribution in [2.75, 3.05) is 0 Å². The summed E-state index contributed by atoms with van der Waals surface area (Å²) in [5.41, 5.74) is 5.10. The molecule has 0 aliphatic heterocycles. The molecule has 1 amide bonds. The zero-order chi connectivity index (χ0) is 20.2. The van der Waals surface area contributed by atoms with E-state index < -0.39 is 0 Å². The average molecular weight is 384 g/mol. The van der Waals surface area contributed by atoms with E-state index in [1.807, 2.05) is 37.4 Å². The number of nitriles is 1. The minimum Gasteiger partial charge on any atom is -0.353 e. The van der Waals surface area contributed by atoms with Crippen molar-refractivity contribution in [2.45, 2.75) is 44.7 Å². The van der Waals surface area contributed by atoms with Gasteiger partial charge in [0.2, 0.25) is 5.91 Å². The summed E-state index contributed by atoms with van der Waals surface area (Å²) in [6.07, 6.45) is 5.31. The molecule has 1 aliphatic rings. The van der Waals surface area contributed by atoms with Crippen molar-refractivity contribution >= 4 is 5.91 Å². The van der Waals surface area contributed by atoms with Crippen LogP contribution in [0.1, 0.15) is 44.2 Å². The Balaban J connectivity index is 1.51. The second-order valence-corrected chi connectivity index (χ2v) is 7.51. The van der Waals surface area contributed by atoms with E-state index in [1.54, 1.807) is 0 Å². The molecule has 5 nitrogen and oxygen atoms in total. The number of carbonyl (C=O) groups is 1. The minimum atomic E-state index is 0.120.